The quantitative estimate of drug-likeness (QED) is 0.0516. The molecular formula is C34H38N8O10. The van der Waals surface area contributed by atoms with Gasteiger partial charge in [-0.2, -0.15) is 4.98 Å². The summed E-state index contributed by atoms with van der Waals surface area (Å²) in [7, 11) is 0. The lowest BCUT2D eigenvalue weighted by Gasteiger charge is -2.29. The minimum absolute atomic E-state index is 0.0173. The Kier molecular flexibility index (Phi) is 11.6. The highest BCUT2D eigenvalue weighted by Gasteiger charge is 2.32. The molecule has 0 aliphatic carbocycles. The van der Waals surface area contributed by atoms with Gasteiger partial charge in [-0.15, -0.1) is 25.3 Å². The van der Waals surface area contributed by atoms with Gasteiger partial charge < -0.3 is 23.9 Å². The number of benzene rings is 3. The second-order valence-corrected chi connectivity index (χ2v) is 12.3. The lowest BCUT2D eigenvalue weighted by molar-refractivity contribution is -0.799. The average Bonchev–Trinajstić information content (AvgIpc) is 3.76. The largest absolute Gasteiger partial charge is 0.465 e. The molecule has 1 N–H and O–H groups in total. The molecule has 0 fully saturated rings. The lowest BCUT2D eigenvalue weighted by atomic mass is 9.97. The number of H-pyrrole nitrogens is 1. The molecule has 3 atom stereocenters. The van der Waals surface area contributed by atoms with Crippen LogP contribution in [-0.2, 0) is 25.7 Å². The number of esters is 1. The Hall–Kier alpha value is -6.17. The number of nitrogens with zero attached hydrogens (tertiary/aromatic N) is 7. The third kappa shape index (κ3) is 8.94. The van der Waals surface area contributed by atoms with Crippen molar-refractivity contribution in [2.45, 2.75) is 65.6 Å². The first kappa shape index (κ1) is 37.1. The summed E-state index contributed by atoms with van der Waals surface area (Å²) >= 11 is 0. The summed E-state index contributed by atoms with van der Waals surface area (Å²) in [5, 5.41) is 34.0. The maximum absolute atomic E-state index is 13.7. The third-order valence-electron chi connectivity index (χ3n) is 8.20. The second-order valence-electron chi connectivity index (χ2n) is 12.3. The highest BCUT2D eigenvalue weighted by Crippen LogP contribution is 2.32. The molecule has 18 heteroatoms. The Morgan fingerprint density at radius 1 is 0.962 bits per heavy atom. The fourth-order valence-corrected chi connectivity index (χ4v) is 5.81. The van der Waals surface area contributed by atoms with Gasteiger partial charge >= 0.3 is 5.97 Å². The van der Waals surface area contributed by atoms with E-state index in [0.717, 1.165) is 22.3 Å². The number of carbonyl (C=O) groups excluding carboxylic acids is 1. The number of imidazole rings is 1. The fraction of sp³-hybridized carbons (Fsp3) is 0.382. The van der Waals surface area contributed by atoms with Crippen LogP contribution < -0.4 is 4.74 Å². The zero-order valence-electron chi connectivity index (χ0n) is 29.1. The van der Waals surface area contributed by atoms with Crippen LogP contribution in [0.4, 0.5) is 0 Å². The first-order chi connectivity index (χ1) is 24.9. The highest BCUT2D eigenvalue weighted by atomic mass is 17.0. The third-order valence-corrected chi connectivity index (χ3v) is 8.20. The van der Waals surface area contributed by atoms with E-state index in [-0.39, 0.29) is 18.6 Å². The van der Waals surface area contributed by atoms with Gasteiger partial charge in [0, 0.05) is 19.4 Å². The van der Waals surface area contributed by atoms with Crippen LogP contribution in [0.3, 0.4) is 0 Å². The Bertz CT molecular complexity index is 2000. The van der Waals surface area contributed by atoms with E-state index in [4.69, 9.17) is 14.2 Å². The van der Waals surface area contributed by atoms with Crippen LogP contribution in [0.2, 0.25) is 0 Å². The van der Waals surface area contributed by atoms with Crippen LogP contribution in [0.5, 0.6) is 6.01 Å². The van der Waals surface area contributed by atoms with E-state index in [2.05, 4.69) is 35.3 Å². The summed E-state index contributed by atoms with van der Waals surface area (Å²) in [6, 6.07) is 21.2. The summed E-state index contributed by atoms with van der Waals surface area (Å²) in [6.07, 6.45) is -2.28. The van der Waals surface area contributed by atoms with Crippen LogP contribution in [0, 0.1) is 26.1 Å². The molecule has 0 spiro atoms. The number of hydrogen-bond acceptors (Lipinski definition) is 14. The molecule has 0 aliphatic rings. The Balaban J connectivity index is 1.33. The molecule has 0 saturated carbocycles. The van der Waals surface area contributed by atoms with Gasteiger partial charge in [0.25, 0.3) is 16.2 Å². The van der Waals surface area contributed by atoms with E-state index < -0.39 is 40.1 Å². The molecule has 3 aromatic carbocycles. The molecule has 0 bridgehead atoms. The van der Waals surface area contributed by atoms with Gasteiger partial charge in [0.05, 0.1) is 36.4 Å². The van der Waals surface area contributed by atoms with Gasteiger partial charge in [-0.1, -0.05) is 61.5 Å². The fourth-order valence-electron chi connectivity index (χ4n) is 5.81. The van der Waals surface area contributed by atoms with E-state index in [0.29, 0.717) is 36.0 Å². The monoisotopic (exact) mass is 718 g/mol. The van der Waals surface area contributed by atoms with Crippen molar-refractivity contribution in [2.24, 2.45) is 5.92 Å². The molecule has 0 saturated heterocycles. The second kappa shape index (κ2) is 16.2. The number of aromatic nitrogens is 6. The number of para-hydroxylation sites is 1. The molecule has 0 radical (unpaired) electrons. The van der Waals surface area contributed by atoms with E-state index in [9.17, 15) is 25.0 Å². The van der Waals surface area contributed by atoms with Crippen LogP contribution in [0.1, 0.15) is 57.0 Å². The van der Waals surface area contributed by atoms with Gasteiger partial charge in [-0.25, -0.2) is 9.89 Å². The minimum atomic E-state index is -1.43. The summed E-state index contributed by atoms with van der Waals surface area (Å²) < 4.78 is 19.4. The Morgan fingerprint density at radius 2 is 1.67 bits per heavy atom. The number of ether oxygens (including phenoxy) is 3. The first-order valence-corrected chi connectivity index (χ1v) is 16.4. The van der Waals surface area contributed by atoms with Crippen molar-refractivity contribution in [1.29, 1.82) is 0 Å². The van der Waals surface area contributed by atoms with Crippen molar-refractivity contribution in [3.63, 3.8) is 0 Å². The van der Waals surface area contributed by atoms with Crippen LogP contribution >= 0.6 is 0 Å². The predicted molar refractivity (Wildman–Crippen MR) is 184 cm³/mol. The molecule has 0 amide bonds. The van der Waals surface area contributed by atoms with Gasteiger partial charge in [0.1, 0.15) is 12.2 Å². The smallest absolute Gasteiger partial charge is 0.342 e. The Morgan fingerprint density at radius 3 is 2.33 bits per heavy atom. The summed E-state index contributed by atoms with van der Waals surface area (Å²) in [4.78, 5) is 49.3. The maximum atomic E-state index is 13.7. The molecule has 5 rings (SSSR count). The van der Waals surface area contributed by atoms with Crippen LogP contribution in [-0.4, -0.2) is 77.5 Å². The number of aromatic amines is 1. The lowest BCUT2D eigenvalue weighted by Crippen LogP contribution is -2.39. The number of fused-ring (bicyclic) bond motifs is 1. The van der Waals surface area contributed by atoms with Gasteiger partial charge in [0.15, 0.2) is 5.82 Å². The number of rotatable bonds is 18. The number of tetrazole rings is 1. The van der Waals surface area contributed by atoms with Crippen molar-refractivity contribution in [1.82, 2.24) is 30.2 Å². The molecule has 5 aromatic rings. The van der Waals surface area contributed by atoms with Crippen molar-refractivity contribution < 1.29 is 38.9 Å². The Labute approximate surface area is 297 Å². The van der Waals surface area contributed by atoms with Crippen molar-refractivity contribution >= 4 is 17.0 Å². The van der Waals surface area contributed by atoms with Crippen molar-refractivity contribution in [3.8, 4) is 28.5 Å². The SMILES string of the molecule is CCOc1nc2cccc(C(=O)OC(C)(C)OCCC(C)[C@H](O[N+](=O)[O-])[C@H](C)O[N+](=O)[O-])c2n1Cc1ccc(-c2ccccc2-c2nnn[nH]2)cc1. The van der Waals surface area contributed by atoms with Crippen LogP contribution in [0.15, 0.2) is 66.7 Å². The molecule has 1 unspecified atom stereocenters. The first-order valence-electron chi connectivity index (χ1n) is 16.4. The van der Waals surface area contributed by atoms with Crippen LogP contribution in [0.25, 0.3) is 33.5 Å². The van der Waals surface area contributed by atoms with Gasteiger partial charge in [0.2, 0.25) is 5.79 Å². The highest BCUT2D eigenvalue weighted by molar-refractivity contribution is 6.02. The van der Waals surface area contributed by atoms with E-state index in [1.54, 1.807) is 39.0 Å². The van der Waals surface area contributed by atoms with E-state index in [1.165, 1.54) is 6.92 Å². The predicted octanol–water partition coefficient (Wildman–Crippen LogP) is 5.44. The molecule has 18 nitrogen and oxygen atoms in total. The van der Waals surface area contributed by atoms with Gasteiger partial charge in [-0.3, -0.25) is 4.57 Å². The molecule has 2 aromatic heterocycles. The van der Waals surface area contributed by atoms with E-state index in [1.807, 2.05) is 60.0 Å². The number of nitrogens with one attached hydrogen (secondary N) is 1. The number of hydrogen-bond donors (Lipinski definition) is 1. The van der Waals surface area contributed by atoms with Crippen molar-refractivity contribution in [2.75, 3.05) is 13.2 Å². The van der Waals surface area contributed by atoms with E-state index >= 15 is 0 Å². The molecule has 274 valence electrons. The maximum Gasteiger partial charge on any atom is 0.342 e. The van der Waals surface area contributed by atoms with Crippen molar-refractivity contribution in [3.05, 3.63) is 98.1 Å². The topological polar surface area (TPSA) is 222 Å². The average molecular weight is 719 g/mol. The standard InChI is InChI=1S/C34H38N8O10/c1-6-48-33-35-28-13-9-12-27(32(43)50-34(4,5)49-19-18-21(2)30(52-42(46)47)22(3)51-41(44)45)29(28)40(33)20-23-14-16-24(17-15-23)25-10-7-8-11-26(25)31-36-38-39-37-31/h7-17,21-22,30H,6,18-20H2,1-5H3,(H,36,37,38,39)/t21?,22-,30-/m0/s1. The molecular weight excluding hydrogens is 680 g/mol. The minimum Gasteiger partial charge on any atom is -0.465 e. The summed E-state index contributed by atoms with van der Waals surface area (Å²) in [6.45, 7) is 8.52. The van der Waals surface area contributed by atoms with Gasteiger partial charge in [-0.05, 0) is 65.4 Å². The molecule has 52 heavy (non-hydrogen) atoms. The number of carbonyl (C=O) groups is 1. The molecule has 0 aliphatic heterocycles. The zero-order valence-corrected chi connectivity index (χ0v) is 29.1. The molecule has 2 heterocycles. The summed E-state index contributed by atoms with van der Waals surface area (Å²) in [5.74, 6) is -2.15. The summed E-state index contributed by atoms with van der Waals surface area (Å²) in [5.41, 5.74) is 4.94. The zero-order chi connectivity index (χ0) is 37.4. The normalized spacial score (nSPS) is 13.2.